The van der Waals surface area contributed by atoms with E-state index in [9.17, 15) is 41.1 Å². The summed E-state index contributed by atoms with van der Waals surface area (Å²) >= 11 is 0. The Balaban J connectivity index is 1.37. The van der Waals surface area contributed by atoms with E-state index >= 15 is 0 Å². The van der Waals surface area contributed by atoms with E-state index in [0.29, 0.717) is 11.1 Å². The van der Waals surface area contributed by atoms with Crippen molar-refractivity contribution in [1.29, 1.82) is 0 Å². The van der Waals surface area contributed by atoms with Gasteiger partial charge in [-0.1, -0.05) is 401 Å². The zero-order chi connectivity index (χ0) is 115. The molecule has 0 atom stereocenters. The smallest absolute Gasteiger partial charge is 0.252 e. The zero-order valence-corrected chi connectivity index (χ0v) is 76.8. The predicted molar refractivity (Wildman–Crippen MR) is 534 cm³/mol. The topological polar surface area (TPSA) is 11.4 Å². The van der Waals surface area contributed by atoms with Gasteiger partial charge < -0.3 is 14.4 Å². The van der Waals surface area contributed by atoms with Crippen LogP contribution in [0.3, 0.4) is 0 Å². The molecule has 3 heterocycles. The molecule has 0 N–H and O–H groups in total. The fraction of sp³-hybridized carbons (Fsp3) is 0.339. The Kier molecular flexibility index (Phi) is 13.2. The highest BCUT2D eigenvalue weighted by Gasteiger charge is 2.48. The summed E-state index contributed by atoms with van der Waals surface area (Å²) in [6.07, 6.45) is 0. The number of para-hydroxylation sites is 2. The van der Waals surface area contributed by atoms with Crippen LogP contribution in [0.4, 0.5) is 34.1 Å². The maximum Gasteiger partial charge on any atom is 0.252 e. The van der Waals surface area contributed by atoms with Crippen LogP contribution >= 0.6 is 0 Å². The van der Waals surface area contributed by atoms with Crippen molar-refractivity contribution in [3.63, 3.8) is 0 Å². The molecule has 14 aromatic rings. The molecule has 0 aliphatic carbocycles. The first kappa shape index (κ1) is 54.7. The Hall–Kier alpha value is -10.7. The fourth-order valence-corrected chi connectivity index (χ4v) is 16.6. The van der Waals surface area contributed by atoms with Crippen LogP contribution in [0.25, 0.3) is 94.3 Å². The van der Waals surface area contributed by atoms with E-state index in [1.54, 1.807) is 148 Å². The first-order valence-corrected chi connectivity index (χ1v) is 42.5. The van der Waals surface area contributed by atoms with Crippen molar-refractivity contribution < 1.29 is 42.5 Å². The van der Waals surface area contributed by atoms with Crippen LogP contribution in [0.5, 0.6) is 0 Å². The third-order valence-corrected chi connectivity index (χ3v) is 23.5. The van der Waals surface area contributed by atoms with Gasteiger partial charge in [-0.15, -0.1) is 0 Å². The van der Waals surface area contributed by atoms with Gasteiger partial charge in [-0.2, -0.15) is 0 Å². The second-order valence-corrected chi connectivity index (χ2v) is 43.6. The molecule has 4 heteroatoms. The number of anilines is 6. The van der Waals surface area contributed by atoms with Crippen LogP contribution in [0.15, 0.2) is 254 Å². The van der Waals surface area contributed by atoms with E-state index in [4.69, 9.17) is 1.37 Å². The molecule has 13 aromatic carbocycles. The third-order valence-electron chi connectivity index (χ3n) is 23.5. The number of aromatic nitrogens is 1. The van der Waals surface area contributed by atoms with Gasteiger partial charge in [-0.3, -0.25) is 0 Å². The molecule has 122 heavy (non-hydrogen) atoms. The minimum atomic E-state index is -1.46. The summed E-state index contributed by atoms with van der Waals surface area (Å²) in [5.41, 5.74) is -14.2. The van der Waals surface area contributed by atoms with E-state index < -0.39 is 297 Å². The van der Waals surface area contributed by atoms with Crippen LogP contribution in [-0.4, -0.2) is 11.3 Å². The molecular weight excluding hydrogens is 1470 g/mol. The van der Waals surface area contributed by atoms with Gasteiger partial charge in [0.05, 0.1) is 70.6 Å². The van der Waals surface area contributed by atoms with E-state index in [0.717, 1.165) is 11.1 Å². The summed E-state index contributed by atoms with van der Waals surface area (Å²) in [6, 6.07) is -0.740. The van der Waals surface area contributed by atoms with Crippen molar-refractivity contribution in [3.05, 3.63) is 310 Å². The minimum absolute atomic E-state index is 0.00849. The first-order valence-electron chi connectivity index (χ1n) is 58.0. The largest absolute Gasteiger partial charge is 0.310 e. The molecule has 0 bridgehead atoms. The molecule has 0 fully saturated rings. The molecular formula is C118H132BN3. The summed E-state index contributed by atoms with van der Waals surface area (Å²) in [7, 11) is 0. The van der Waals surface area contributed by atoms with Crippen molar-refractivity contribution in [1.82, 2.24) is 4.57 Å². The highest BCUT2D eigenvalue weighted by atomic mass is 15.2. The van der Waals surface area contributed by atoms with Crippen molar-refractivity contribution in [3.8, 4) is 72.4 Å². The molecule has 0 unspecified atom stereocenters. The monoisotopic (exact) mass is 1630 g/mol. The second kappa shape index (κ2) is 29.5. The molecule has 3 nitrogen and oxygen atoms in total. The van der Waals surface area contributed by atoms with Gasteiger partial charge in [0.15, 0.2) is 0 Å². The summed E-state index contributed by atoms with van der Waals surface area (Å²) in [4.78, 5) is 3.19. The standard InChI is InChI=1S/C118H132BN3/c1-109(2,3)79-53-47-74(48-54-79)90-66-84(114(16,17)18)68-92(87-58-57-81(111(7,8)9)70-96(87)118(28,29)30)107(90)121-101-63-76(73-39-32-31-33-40-73)51-59-97(101)119-98-60-52-77(78-61-82(112(10,11)12)65-83(62-78)113(13,14)15)64-102(98)122(104-72-86(71-103(121)106(104)119)120-99-45-36-34-41-88(99)89-42-35-37-46-100(89)120)108-91(75-49-55-80(56-50-75)110(4,5)6)67-85(115(19,20)21)69-93(108)105-94(116(22,23)24)43-38-44-95(105)117(25,26)27/h31-72H,1-30H3/i31D,32D,33D,34D,35D,36D,37D,38D,39D,40D,41D,42D,43D,44D,45D,46D,47D,48D,49D,50D,53D,54D,55D,56D,57D,58D,66D,67D,68D,69D,70D. The van der Waals surface area contributed by atoms with Crippen LogP contribution < -0.4 is 26.2 Å². The number of hydrogen-bond acceptors (Lipinski definition) is 2. The Morgan fingerprint density at radius 1 is 0.246 bits per heavy atom. The third kappa shape index (κ3) is 15.4. The Morgan fingerprint density at radius 3 is 1.04 bits per heavy atom. The Labute approximate surface area is 776 Å². The zero-order valence-electron chi connectivity index (χ0n) is 108. The van der Waals surface area contributed by atoms with Gasteiger partial charge in [0.2, 0.25) is 0 Å². The number of benzene rings is 13. The molecule has 0 amide bonds. The molecule has 1 aromatic heterocycles. The maximum absolute atomic E-state index is 12.0. The molecule has 2 aliphatic heterocycles. The van der Waals surface area contributed by atoms with Crippen LogP contribution in [0.2, 0.25) is 0 Å². The SMILES string of the molecule is [2H]c1c([2H])c([2H])c(-c2ccc3c(c2)N(c2c(-c4c([2H])c([2H])c(C(C)(C)C)c([2H])c4[2H])c([2H])c(C(C)(C)C)c([2H])c2-c2c([2H])c([2H])c(C(C)(C)C)c([2H])c2C(C)(C)C)c2cc(-n4c5c([2H])c([2H])c([2H])c([2H])c5c5c([2H])c([2H])c([2H])c([2H])c54)cc4c2B3c2ccc(-c3cc(C(C)(C)C)cc(C(C)(C)C)c3)cc2N4c2c(-c3c([2H])c([2H])c(C(C)(C)C)c([2H])c3[2H])c([2H])c(C(C)(C)C)c([2H])c2-c2c(C(C)(C)C)c([2H])c([2H])c([2H])c2C(C)(C)C)c([2H])c1[2H]. The van der Waals surface area contributed by atoms with Crippen molar-refractivity contribution >= 4 is 79.0 Å². The Bertz CT molecular complexity index is 8210. The molecule has 0 saturated heterocycles. The van der Waals surface area contributed by atoms with E-state index in [1.807, 2.05) is 59.7 Å². The van der Waals surface area contributed by atoms with E-state index in [1.165, 1.54) is 21.6 Å². The average molecular weight is 1630 g/mol. The predicted octanol–water partition coefficient (Wildman–Crippen LogP) is 31.8. The lowest BCUT2D eigenvalue weighted by molar-refractivity contribution is 0.568. The lowest BCUT2D eigenvalue weighted by atomic mass is 9.33. The van der Waals surface area contributed by atoms with Crippen molar-refractivity contribution in [2.24, 2.45) is 0 Å². The summed E-state index contributed by atoms with van der Waals surface area (Å²) in [6.45, 7) is 53.3. The van der Waals surface area contributed by atoms with Crippen molar-refractivity contribution in [2.75, 3.05) is 9.80 Å². The van der Waals surface area contributed by atoms with Crippen LogP contribution in [-0.2, 0) is 54.1 Å². The highest BCUT2D eigenvalue weighted by molar-refractivity contribution is 7.00. The maximum atomic E-state index is 12.0. The van der Waals surface area contributed by atoms with Crippen LogP contribution in [0.1, 0.15) is 306 Å². The quantitative estimate of drug-likeness (QED) is 0.133. The van der Waals surface area contributed by atoms with E-state index in [-0.39, 0.29) is 129 Å². The van der Waals surface area contributed by atoms with Gasteiger partial charge >= 0.3 is 0 Å². The van der Waals surface area contributed by atoms with Gasteiger partial charge in [-0.05, 0) is 231 Å². The Morgan fingerprint density at radius 2 is 0.623 bits per heavy atom. The fourth-order valence-electron chi connectivity index (χ4n) is 16.6. The van der Waals surface area contributed by atoms with Gasteiger partial charge in [0.1, 0.15) is 0 Å². The van der Waals surface area contributed by atoms with Gasteiger partial charge in [0, 0.05) is 55.8 Å². The first-order chi connectivity index (χ1) is 69.8. The average Bonchev–Trinajstić information content (AvgIpc) is 1.53. The molecule has 2 aliphatic rings. The number of hydrogen-bond donors (Lipinski definition) is 0. The highest BCUT2D eigenvalue weighted by Crippen LogP contribution is 2.59. The lowest BCUT2D eigenvalue weighted by Gasteiger charge is -2.46. The normalized spacial score (nSPS) is 17.3. The van der Waals surface area contributed by atoms with Crippen LogP contribution in [0, 0.1) is 0 Å². The molecule has 0 saturated carbocycles. The summed E-state index contributed by atoms with van der Waals surface area (Å²) in [5, 5.41) is -0.872. The van der Waals surface area contributed by atoms with E-state index in [2.05, 4.69) is 59.7 Å². The summed E-state index contributed by atoms with van der Waals surface area (Å²) < 4.78 is 328. The van der Waals surface area contributed by atoms with Gasteiger partial charge in [-0.25, -0.2) is 0 Å². The molecule has 622 valence electrons. The molecule has 16 rings (SSSR count). The number of rotatable bonds is 9. The summed E-state index contributed by atoms with van der Waals surface area (Å²) in [5.74, 6) is 0. The molecule has 0 spiro atoms. The number of fused-ring (bicyclic) bond motifs is 7. The second-order valence-electron chi connectivity index (χ2n) is 43.6. The molecule has 0 radical (unpaired) electrons. The number of nitrogens with zero attached hydrogens (tertiary/aromatic N) is 3. The van der Waals surface area contributed by atoms with Crippen molar-refractivity contribution in [2.45, 2.75) is 262 Å². The minimum Gasteiger partial charge on any atom is -0.310 e. The van der Waals surface area contributed by atoms with Gasteiger partial charge in [0.25, 0.3) is 6.71 Å². The lowest BCUT2D eigenvalue weighted by Crippen LogP contribution is -2.61.